The maximum absolute atomic E-state index is 10.4. The van der Waals surface area contributed by atoms with Crippen LogP contribution in [0, 0.1) is 0 Å². The summed E-state index contributed by atoms with van der Waals surface area (Å²) in [5.74, 6) is 0. The van der Waals surface area contributed by atoms with Crippen molar-refractivity contribution < 1.29 is 9.53 Å². The molecule has 0 amide bonds. The van der Waals surface area contributed by atoms with Gasteiger partial charge in [-0.1, -0.05) is 0 Å². The molecule has 1 rings (SSSR count). The molecule has 0 unspecified atom stereocenters. The first-order valence-electron chi connectivity index (χ1n) is 2.28. The summed E-state index contributed by atoms with van der Waals surface area (Å²) in [6, 6.07) is 0. The molecule has 1 aliphatic heterocycles. The standard InChI is InChI=1S/C5H6O2S/c1-7-5-3-2-4(6)8-5/h3H,2H2,1H3. The molecule has 0 radical (unpaired) electrons. The van der Waals surface area contributed by atoms with Gasteiger partial charge in [-0.2, -0.15) is 0 Å². The van der Waals surface area contributed by atoms with Gasteiger partial charge in [0.15, 0.2) is 10.2 Å². The highest BCUT2D eigenvalue weighted by molar-refractivity contribution is 8.17. The van der Waals surface area contributed by atoms with Crippen LogP contribution >= 0.6 is 11.8 Å². The maximum Gasteiger partial charge on any atom is 0.200 e. The number of hydrogen-bond donors (Lipinski definition) is 0. The molecule has 8 heavy (non-hydrogen) atoms. The Bertz CT molecular complexity index is 139. The maximum atomic E-state index is 10.4. The van der Waals surface area contributed by atoms with Crippen molar-refractivity contribution in [1.82, 2.24) is 0 Å². The minimum absolute atomic E-state index is 0.168. The molecule has 0 saturated carbocycles. The van der Waals surface area contributed by atoms with Gasteiger partial charge in [-0.15, -0.1) is 0 Å². The zero-order valence-corrected chi connectivity index (χ0v) is 5.33. The van der Waals surface area contributed by atoms with Crippen molar-refractivity contribution in [2.45, 2.75) is 6.42 Å². The minimum atomic E-state index is 0.168. The second kappa shape index (κ2) is 2.22. The van der Waals surface area contributed by atoms with E-state index in [4.69, 9.17) is 4.74 Å². The van der Waals surface area contributed by atoms with Gasteiger partial charge in [-0.3, -0.25) is 4.79 Å². The van der Waals surface area contributed by atoms with E-state index in [-0.39, 0.29) is 5.12 Å². The van der Waals surface area contributed by atoms with Crippen molar-refractivity contribution in [3.63, 3.8) is 0 Å². The zero-order valence-electron chi connectivity index (χ0n) is 4.51. The van der Waals surface area contributed by atoms with E-state index in [1.165, 1.54) is 11.8 Å². The second-order valence-corrected chi connectivity index (χ2v) is 2.47. The van der Waals surface area contributed by atoms with Crippen molar-refractivity contribution >= 4 is 16.9 Å². The summed E-state index contributed by atoms with van der Waals surface area (Å²) in [5, 5.41) is 0.900. The van der Waals surface area contributed by atoms with Gasteiger partial charge in [0.05, 0.1) is 7.11 Å². The molecular formula is C5H6O2S. The molecule has 44 valence electrons. The van der Waals surface area contributed by atoms with Gasteiger partial charge in [0.2, 0.25) is 0 Å². The molecule has 0 aromatic carbocycles. The van der Waals surface area contributed by atoms with Gasteiger partial charge in [-0.25, -0.2) is 0 Å². The normalized spacial score (nSPS) is 18.6. The van der Waals surface area contributed by atoms with Crippen LogP contribution in [-0.4, -0.2) is 12.2 Å². The second-order valence-electron chi connectivity index (χ2n) is 1.41. The monoisotopic (exact) mass is 130 g/mol. The summed E-state index contributed by atoms with van der Waals surface area (Å²) >= 11 is 1.17. The fraction of sp³-hybridized carbons (Fsp3) is 0.400. The zero-order chi connectivity index (χ0) is 5.98. The number of ether oxygens (including phenoxy) is 1. The highest BCUT2D eigenvalue weighted by atomic mass is 32.2. The third-order valence-corrected chi connectivity index (χ3v) is 1.78. The summed E-state index contributed by atoms with van der Waals surface area (Å²) in [6.45, 7) is 0. The minimum Gasteiger partial charge on any atom is -0.490 e. The Morgan fingerprint density at radius 3 is 2.88 bits per heavy atom. The van der Waals surface area contributed by atoms with E-state index >= 15 is 0 Å². The lowest BCUT2D eigenvalue weighted by Crippen LogP contribution is -1.79. The Labute approximate surface area is 51.9 Å². The molecule has 0 spiro atoms. The quantitative estimate of drug-likeness (QED) is 0.532. The summed E-state index contributed by atoms with van der Waals surface area (Å²) in [5.41, 5.74) is 0. The van der Waals surface area contributed by atoms with E-state index < -0.39 is 0 Å². The summed E-state index contributed by atoms with van der Waals surface area (Å²) in [6.07, 6.45) is 2.31. The molecule has 3 heteroatoms. The van der Waals surface area contributed by atoms with Gasteiger partial charge >= 0.3 is 0 Å². The summed E-state index contributed by atoms with van der Waals surface area (Å²) < 4.78 is 4.78. The lowest BCUT2D eigenvalue weighted by atomic mass is 10.5. The molecule has 0 aromatic heterocycles. The topological polar surface area (TPSA) is 26.3 Å². The van der Waals surface area contributed by atoms with Crippen LogP contribution in [0.15, 0.2) is 11.2 Å². The molecule has 0 aliphatic carbocycles. The smallest absolute Gasteiger partial charge is 0.200 e. The Balaban J connectivity index is 2.49. The number of carbonyl (C=O) groups excluding carboxylic acids is 1. The van der Waals surface area contributed by atoms with Crippen LogP contribution < -0.4 is 0 Å². The van der Waals surface area contributed by atoms with Crippen LogP contribution in [0.25, 0.3) is 0 Å². The highest BCUT2D eigenvalue weighted by Gasteiger charge is 2.12. The van der Waals surface area contributed by atoms with Crippen molar-refractivity contribution in [3.8, 4) is 0 Å². The molecule has 0 atom stereocenters. The number of rotatable bonds is 1. The Hall–Kier alpha value is -0.440. The van der Waals surface area contributed by atoms with Gasteiger partial charge in [0.1, 0.15) is 0 Å². The predicted octanol–water partition coefficient (Wildman–Crippen LogP) is 1.14. The number of thioether (sulfide) groups is 1. The van der Waals surface area contributed by atoms with Crippen molar-refractivity contribution in [2.75, 3.05) is 7.11 Å². The van der Waals surface area contributed by atoms with E-state index in [1.54, 1.807) is 13.2 Å². The first-order chi connectivity index (χ1) is 3.83. The molecular weight excluding hydrogens is 124 g/mol. The van der Waals surface area contributed by atoms with Gasteiger partial charge in [0.25, 0.3) is 0 Å². The molecule has 2 nitrogen and oxygen atoms in total. The summed E-state index contributed by atoms with van der Waals surface area (Å²) in [7, 11) is 1.57. The Morgan fingerprint density at radius 1 is 1.88 bits per heavy atom. The molecule has 1 aliphatic rings. The molecule has 0 bridgehead atoms. The van der Waals surface area contributed by atoms with Crippen molar-refractivity contribution in [1.29, 1.82) is 0 Å². The number of allylic oxidation sites excluding steroid dienone is 1. The molecule has 1 heterocycles. The number of hydrogen-bond acceptors (Lipinski definition) is 3. The SMILES string of the molecule is COC1=CCC(=O)S1. The van der Waals surface area contributed by atoms with Gasteiger partial charge in [0, 0.05) is 6.42 Å². The van der Waals surface area contributed by atoms with Crippen molar-refractivity contribution in [2.24, 2.45) is 0 Å². The van der Waals surface area contributed by atoms with Crippen LogP contribution in [0.5, 0.6) is 0 Å². The van der Waals surface area contributed by atoms with E-state index in [0.29, 0.717) is 6.42 Å². The number of methoxy groups -OCH3 is 1. The van der Waals surface area contributed by atoms with Crippen LogP contribution in [0.3, 0.4) is 0 Å². The Morgan fingerprint density at radius 2 is 2.62 bits per heavy atom. The molecule has 0 fully saturated rings. The van der Waals surface area contributed by atoms with Crippen LogP contribution in [0.4, 0.5) is 0 Å². The van der Waals surface area contributed by atoms with Crippen LogP contribution in [0.2, 0.25) is 0 Å². The third-order valence-electron chi connectivity index (χ3n) is 0.851. The molecule has 0 aromatic rings. The largest absolute Gasteiger partial charge is 0.490 e. The van der Waals surface area contributed by atoms with E-state index in [0.717, 1.165) is 5.09 Å². The van der Waals surface area contributed by atoms with E-state index in [9.17, 15) is 4.79 Å². The third kappa shape index (κ3) is 1.04. The molecule has 0 saturated heterocycles. The lowest BCUT2D eigenvalue weighted by molar-refractivity contribution is -0.110. The summed E-state index contributed by atoms with van der Waals surface area (Å²) in [4.78, 5) is 10.4. The average molecular weight is 130 g/mol. The first-order valence-corrected chi connectivity index (χ1v) is 3.09. The van der Waals surface area contributed by atoms with Crippen LogP contribution in [0.1, 0.15) is 6.42 Å². The lowest BCUT2D eigenvalue weighted by Gasteiger charge is -1.92. The first kappa shape index (κ1) is 5.69. The van der Waals surface area contributed by atoms with Gasteiger partial charge in [-0.05, 0) is 17.8 Å². The van der Waals surface area contributed by atoms with E-state index in [1.807, 2.05) is 0 Å². The van der Waals surface area contributed by atoms with Crippen molar-refractivity contribution in [3.05, 3.63) is 11.2 Å². The predicted molar refractivity (Wildman–Crippen MR) is 32.3 cm³/mol. The fourth-order valence-electron chi connectivity index (χ4n) is 0.487. The fourth-order valence-corrected chi connectivity index (χ4v) is 1.13. The number of carbonyl (C=O) groups is 1. The van der Waals surface area contributed by atoms with E-state index in [2.05, 4.69) is 0 Å². The average Bonchev–Trinajstić information content (AvgIpc) is 2.14. The molecule has 0 N–H and O–H groups in total. The van der Waals surface area contributed by atoms with Gasteiger partial charge < -0.3 is 4.74 Å². The Kier molecular flexibility index (Phi) is 1.58. The van der Waals surface area contributed by atoms with Crippen LogP contribution in [-0.2, 0) is 9.53 Å². The highest BCUT2D eigenvalue weighted by Crippen LogP contribution is 2.25.